The number of carbonyl (C=O) groups is 3. The van der Waals surface area contributed by atoms with E-state index in [2.05, 4.69) is 15.5 Å². The van der Waals surface area contributed by atoms with Gasteiger partial charge in [-0.1, -0.05) is 29.4 Å². The predicted molar refractivity (Wildman–Crippen MR) is 123 cm³/mol. The first-order valence-electron chi connectivity index (χ1n) is 10.5. The molecule has 1 fully saturated rings. The molecule has 1 saturated heterocycles. The number of halogens is 1. The number of aryl methyl sites for hydroxylation is 1. The molecule has 0 aliphatic carbocycles. The highest BCUT2D eigenvalue weighted by atomic mass is 35.5. The van der Waals surface area contributed by atoms with Crippen molar-refractivity contribution in [2.45, 2.75) is 37.9 Å². The third-order valence-corrected chi connectivity index (χ3v) is 6.34. The molecule has 0 atom stereocenters. The molecule has 1 N–H and O–H groups in total. The Labute approximate surface area is 201 Å². The van der Waals surface area contributed by atoms with E-state index >= 15 is 0 Å². The predicted octanol–water partition coefficient (Wildman–Crippen LogP) is 2.60. The SMILES string of the molecule is CCOC(=O)N1CCC(NC(=O)COC(=O)CSc2nncn2-c2ccc(C)c(Cl)c2)CC1. The largest absolute Gasteiger partial charge is 0.455 e. The van der Waals surface area contributed by atoms with E-state index in [4.69, 9.17) is 21.1 Å². The fourth-order valence-corrected chi connectivity index (χ4v) is 4.13. The summed E-state index contributed by atoms with van der Waals surface area (Å²) in [6.07, 6.45) is 2.44. The van der Waals surface area contributed by atoms with Gasteiger partial charge in [0.2, 0.25) is 0 Å². The van der Waals surface area contributed by atoms with Gasteiger partial charge in [-0.3, -0.25) is 14.2 Å². The first kappa shape index (κ1) is 24.8. The lowest BCUT2D eigenvalue weighted by atomic mass is 10.1. The summed E-state index contributed by atoms with van der Waals surface area (Å²) in [5.74, 6) is -0.937. The van der Waals surface area contributed by atoms with Crippen molar-refractivity contribution in [2.75, 3.05) is 32.1 Å². The first-order chi connectivity index (χ1) is 15.9. The molecule has 1 aliphatic heterocycles. The zero-order valence-electron chi connectivity index (χ0n) is 18.5. The summed E-state index contributed by atoms with van der Waals surface area (Å²) >= 11 is 7.34. The van der Waals surface area contributed by atoms with Gasteiger partial charge < -0.3 is 19.7 Å². The molecule has 0 radical (unpaired) electrons. The Morgan fingerprint density at radius 1 is 1.24 bits per heavy atom. The van der Waals surface area contributed by atoms with Crippen molar-refractivity contribution < 1.29 is 23.9 Å². The molecule has 12 heteroatoms. The Hall–Kier alpha value is -2.79. The first-order valence-corrected chi connectivity index (χ1v) is 11.9. The number of nitrogens with one attached hydrogen (secondary N) is 1. The molecule has 0 saturated carbocycles. The molecule has 2 aromatic rings. The molecule has 1 aromatic carbocycles. The number of amides is 2. The number of hydrogen-bond acceptors (Lipinski definition) is 8. The number of nitrogens with zero attached hydrogens (tertiary/aromatic N) is 4. The van der Waals surface area contributed by atoms with Crippen molar-refractivity contribution in [2.24, 2.45) is 0 Å². The summed E-state index contributed by atoms with van der Waals surface area (Å²) in [6.45, 7) is 4.65. The topological polar surface area (TPSA) is 116 Å². The van der Waals surface area contributed by atoms with Gasteiger partial charge in [0.1, 0.15) is 6.33 Å². The molecule has 0 spiro atoms. The van der Waals surface area contributed by atoms with Crippen LogP contribution in [0.15, 0.2) is 29.7 Å². The molecule has 1 aromatic heterocycles. The fourth-order valence-electron chi connectivity index (χ4n) is 3.23. The molecular weight excluding hydrogens is 470 g/mol. The highest BCUT2D eigenvalue weighted by Gasteiger charge is 2.24. The van der Waals surface area contributed by atoms with Gasteiger partial charge in [-0.25, -0.2) is 4.79 Å². The van der Waals surface area contributed by atoms with Gasteiger partial charge >= 0.3 is 12.1 Å². The molecule has 178 valence electrons. The Bertz CT molecular complexity index is 993. The molecule has 33 heavy (non-hydrogen) atoms. The zero-order chi connectivity index (χ0) is 23.8. The minimum absolute atomic E-state index is 0.0243. The van der Waals surface area contributed by atoms with Crippen LogP contribution in [0.25, 0.3) is 5.69 Å². The van der Waals surface area contributed by atoms with Gasteiger partial charge in [-0.2, -0.15) is 0 Å². The Kier molecular flexibility index (Phi) is 8.95. The number of carbonyl (C=O) groups excluding carboxylic acids is 3. The Morgan fingerprint density at radius 3 is 2.70 bits per heavy atom. The van der Waals surface area contributed by atoms with E-state index in [0.717, 1.165) is 23.0 Å². The van der Waals surface area contributed by atoms with Gasteiger partial charge in [0, 0.05) is 24.2 Å². The Morgan fingerprint density at radius 2 is 2.00 bits per heavy atom. The van der Waals surface area contributed by atoms with Crippen LogP contribution in [0.2, 0.25) is 5.02 Å². The number of piperidine rings is 1. The van der Waals surface area contributed by atoms with Crippen molar-refractivity contribution in [1.29, 1.82) is 0 Å². The van der Waals surface area contributed by atoms with Crippen LogP contribution >= 0.6 is 23.4 Å². The van der Waals surface area contributed by atoms with E-state index in [-0.39, 0.29) is 30.4 Å². The number of esters is 1. The zero-order valence-corrected chi connectivity index (χ0v) is 20.0. The summed E-state index contributed by atoms with van der Waals surface area (Å²) in [4.78, 5) is 37.6. The molecule has 0 bridgehead atoms. The van der Waals surface area contributed by atoms with Gasteiger partial charge in [0.05, 0.1) is 18.0 Å². The van der Waals surface area contributed by atoms with Gasteiger partial charge in [0.25, 0.3) is 5.91 Å². The molecule has 1 aliphatic rings. The average molecular weight is 496 g/mol. The van der Waals surface area contributed by atoms with E-state index in [1.54, 1.807) is 22.5 Å². The van der Waals surface area contributed by atoms with Crippen LogP contribution in [-0.4, -0.2) is 75.7 Å². The van der Waals surface area contributed by atoms with E-state index in [9.17, 15) is 14.4 Å². The van der Waals surface area contributed by atoms with E-state index in [1.165, 1.54) is 6.33 Å². The molecule has 3 rings (SSSR count). The molecule has 10 nitrogen and oxygen atoms in total. The summed E-state index contributed by atoms with van der Waals surface area (Å²) in [6, 6.07) is 5.49. The van der Waals surface area contributed by atoms with Crippen LogP contribution in [0, 0.1) is 6.92 Å². The van der Waals surface area contributed by atoms with Crippen molar-refractivity contribution in [3.8, 4) is 5.69 Å². The lowest BCUT2D eigenvalue weighted by Gasteiger charge is -2.31. The van der Waals surface area contributed by atoms with Crippen LogP contribution in [0.5, 0.6) is 0 Å². The van der Waals surface area contributed by atoms with E-state index in [0.29, 0.717) is 42.7 Å². The average Bonchev–Trinajstić information content (AvgIpc) is 3.27. The van der Waals surface area contributed by atoms with Crippen LogP contribution in [0.3, 0.4) is 0 Å². The maximum absolute atomic E-state index is 12.1. The number of benzene rings is 1. The van der Waals surface area contributed by atoms with Gasteiger partial charge in [-0.05, 0) is 44.4 Å². The smallest absolute Gasteiger partial charge is 0.409 e. The summed E-state index contributed by atoms with van der Waals surface area (Å²) < 4.78 is 11.8. The second-order valence-corrected chi connectivity index (χ2v) is 8.74. The second kappa shape index (κ2) is 11.9. The maximum atomic E-state index is 12.1. The maximum Gasteiger partial charge on any atom is 0.409 e. The normalized spacial score (nSPS) is 14.1. The molecule has 0 unspecified atom stereocenters. The monoisotopic (exact) mass is 495 g/mol. The third kappa shape index (κ3) is 7.10. The molecule has 2 heterocycles. The van der Waals surface area contributed by atoms with Gasteiger partial charge in [0.15, 0.2) is 11.8 Å². The number of hydrogen-bond donors (Lipinski definition) is 1. The third-order valence-electron chi connectivity index (χ3n) is 5.02. The highest BCUT2D eigenvalue weighted by molar-refractivity contribution is 7.99. The van der Waals surface area contributed by atoms with Crippen molar-refractivity contribution in [3.05, 3.63) is 35.1 Å². The number of aromatic nitrogens is 3. The number of ether oxygens (including phenoxy) is 2. The summed E-state index contributed by atoms with van der Waals surface area (Å²) in [7, 11) is 0. The lowest BCUT2D eigenvalue weighted by molar-refractivity contribution is -0.146. The number of likely N-dealkylation sites (tertiary alicyclic amines) is 1. The van der Waals surface area contributed by atoms with Crippen LogP contribution in [0.1, 0.15) is 25.3 Å². The standard InChI is InChI=1S/C21H26ClN5O5S/c1-3-31-21(30)26-8-6-15(7-9-26)24-18(28)11-32-19(29)12-33-20-25-23-13-27(20)16-5-4-14(2)17(22)10-16/h4-5,10,13,15H,3,6-9,11-12H2,1-2H3,(H,24,28). The van der Waals surface area contributed by atoms with Crippen LogP contribution < -0.4 is 5.32 Å². The van der Waals surface area contributed by atoms with Crippen LogP contribution in [-0.2, 0) is 19.1 Å². The molecule has 2 amide bonds. The summed E-state index contributed by atoms with van der Waals surface area (Å²) in [5.41, 5.74) is 1.73. The fraction of sp³-hybridized carbons (Fsp3) is 0.476. The van der Waals surface area contributed by atoms with Crippen molar-refractivity contribution >= 4 is 41.3 Å². The molecular formula is C21H26ClN5O5S. The Balaban J connectivity index is 1.39. The second-order valence-electron chi connectivity index (χ2n) is 7.39. The summed E-state index contributed by atoms with van der Waals surface area (Å²) in [5, 5.41) is 11.9. The number of thioether (sulfide) groups is 1. The van der Waals surface area contributed by atoms with Crippen molar-refractivity contribution in [1.82, 2.24) is 25.0 Å². The highest BCUT2D eigenvalue weighted by Crippen LogP contribution is 2.23. The van der Waals surface area contributed by atoms with E-state index < -0.39 is 5.97 Å². The van der Waals surface area contributed by atoms with Crippen LogP contribution in [0.4, 0.5) is 4.79 Å². The van der Waals surface area contributed by atoms with E-state index in [1.807, 2.05) is 19.1 Å². The quantitative estimate of drug-likeness (QED) is 0.439. The van der Waals surface area contributed by atoms with Gasteiger partial charge in [-0.15, -0.1) is 10.2 Å². The number of rotatable bonds is 8. The minimum atomic E-state index is -0.538. The lowest BCUT2D eigenvalue weighted by Crippen LogP contribution is -2.47. The van der Waals surface area contributed by atoms with Crippen molar-refractivity contribution in [3.63, 3.8) is 0 Å². The minimum Gasteiger partial charge on any atom is -0.455 e.